The summed E-state index contributed by atoms with van der Waals surface area (Å²) in [4.78, 5) is 46.9. The highest BCUT2D eigenvalue weighted by Gasteiger charge is 2.14. The van der Waals surface area contributed by atoms with Gasteiger partial charge in [0.1, 0.15) is 17.2 Å². The third-order valence-electron chi connectivity index (χ3n) is 4.60. The summed E-state index contributed by atoms with van der Waals surface area (Å²) < 4.78 is 2.55. The molecule has 0 bridgehead atoms. The van der Waals surface area contributed by atoms with Crippen molar-refractivity contribution in [1.29, 1.82) is 0 Å². The lowest BCUT2D eigenvalue weighted by molar-refractivity contribution is -0.121. The average Bonchev–Trinajstić information content (AvgIpc) is 3.41. The number of aromatic nitrogens is 5. The summed E-state index contributed by atoms with van der Waals surface area (Å²) in [6.45, 7) is 3.89. The molecule has 0 unspecified atom stereocenters. The molecule has 0 saturated carbocycles. The monoisotopic (exact) mass is 468 g/mol. The summed E-state index contributed by atoms with van der Waals surface area (Å²) in [7, 11) is 0. The zero-order valence-electron chi connectivity index (χ0n) is 17.4. The molecule has 4 aromatic heterocycles. The van der Waals surface area contributed by atoms with E-state index in [1.807, 2.05) is 24.4 Å². The number of carbonyl (C=O) groups is 1. The Morgan fingerprint density at radius 3 is 2.75 bits per heavy atom. The molecule has 0 spiro atoms. The molecule has 0 fully saturated rings. The van der Waals surface area contributed by atoms with Crippen LogP contribution < -0.4 is 16.4 Å². The molecular weight excluding hydrogens is 448 g/mol. The van der Waals surface area contributed by atoms with Gasteiger partial charge in [0, 0.05) is 24.4 Å². The summed E-state index contributed by atoms with van der Waals surface area (Å²) in [6.07, 6.45) is 1.34. The second-order valence-electron chi connectivity index (χ2n) is 7.04. The van der Waals surface area contributed by atoms with Crippen molar-refractivity contribution in [2.75, 3.05) is 6.54 Å². The van der Waals surface area contributed by atoms with Gasteiger partial charge >= 0.3 is 0 Å². The number of thiophene rings is 1. The molecule has 0 saturated heterocycles. The van der Waals surface area contributed by atoms with E-state index in [0.717, 1.165) is 20.5 Å². The lowest BCUT2D eigenvalue weighted by Gasteiger charge is -2.09. The van der Waals surface area contributed by atoms with Crippen molar-refractivity contribution in [2.24, 2.45) is 0 Å². The Hall–Kier alpha value is -3.44. The number of thiazole rings is 1. The molecule has 32 heavy (non-hydrogen) atoms. The largest absolute Gasteiger partial charge is 0.353 e. The van der Waals surface area contributed by atoms with Crippen LogP contribution in [0.3, 0.4) is 0 Å². The van der Waals surface area contributed by atoms with Crippen LogP contribution in [0.5, 0.6) is 0 Å². The molecule has 9 nitrogen and oxygen atoms in total. The van der Waals surface area contributed by atoms with E-state index in [0.29, 0.717) is 11.4 Å². The van der Waals surface area contributed by atoms with Gasteiger partial charge in [-0.1, -0.05) is 6.07 Å². The maximum absolute atomic E-state index is 12.2. The average molecular weight is 469 g/mol. The first-order valence-corrected chi connectivity index (χ1v) is 11.5. The number of aryl methyl sites for hydroxylation is 2. The molecule has 0 aliphatic rings. The zero-order chi connectivity index (χ0) is 22.7. The molecule has 164 valence electrons. The maximum Gasteiger partial charge on any atom is 0.266 e. The standard InChI is InChI=1S/C21H20N6O3S2/c1-13-10-19(30)26(12-23-13)11-17(28)22-7-8-27-18(29)6-5-15(25-27)20-14(2)24-21(32-20)16-4-3-9-31-16/h3-6,9-10,12H,7-8,11H2,1-2H3,(H,22,28). The van der Waals surface area contributed by atoms with Crippen molar-refractivity contribution in [1.82, 2.24) is 29.6 Å². The molecule has 4 aromatic rings. The Labute approximate surface area is 191 Å². The first-order valence-electron chi connectivity index (χ1n) is 9.80. The van der Waals surface area contributed by atoms with Crippen molar-refractivity contribution in [3.63, 3.8) is 0 Å². The molecule has 0 radical (unpaired) electrons. The highest BCUT2D eigenvalue weighted by Crippen LogP contribution is 2.35. The van der Waals surface area contributed by atoms with E-state index >= 15 is 0 Å². The van der Waals surface area contributed by atoms with Gasteiger partial charge in [0.25, 0.3) is 11.1 Å². The number of amides is 1. The van der Waals surface area contributed by atoms with Crippen molar-refractivity contribution < 1.29 is 4.79 Å². The molecule has 0 aliphatic heterocycles. The van der Waals surface area contributed by atoms with Gasteiger partial charge in [0.05, 0.1) is 28.3 Å². The fourth-order valence-electron chi connectivity index (χ4n) is 3.02. The predicted octanol–water partition coefficient (Wildman–Crippen LogP) is 2.09. The van der Waals surface area contributed by atoms with Gasteiger partial charge in [-0.2, -0.15) is 5.10 Å². The van der Waals surface area contributed by atoms with Crippen LogP contribution in [0, 0.1) is 13.8 Å². The SMILES string of the molecule is Cc1cc(=O)n(CC(=O)NCCn2nc(-c3sc(-c4cccs4)nc3C)ccc2=O)cn1. The van der Waals surface area contributed by atoms with E-state index in [4.69, 9.17) is 0 Å². The van der Waals surface area contributed by atoms with Gasteiger partial charge in [-0.05, 0) is 31.4 Å². The van der Waals surface area contributed by atoms with E-state index in [1.54, 1.807) is 24.3 Å². The van der Waals surface area contributed by atoms with E-state index in [2.05, 4.69) is 20.4 Å². The van der Waals surface area contributed by atoms with E-state index < -0.39 is 0 Å². The highest BCUT2D eigenvalue weighted by atomic mass is 32.1. The number of nitrogens with zero attached hydrogens (tertiary/aromatic N) is 5. The van der Waals surface area contributed by atoms with E-state index in [-0.39, 0.29) is 36.7 Å². The minimum absolute atomic E-state index is 0.139. The molecule has 0 aromatic carbocycles. The second-order valence-corrected chi connectivity index (χ2v) is 8.98. The van der Waals surface area contributed by atoms with Crippen molar-refractivity contribution in [3.8, 4) is 20.5 Å². The Morgan fingerprint density at radius 1 is 1.16 bits per heavy atom. The molecule has 1 N–H and O–H groups in total. The third kappa shape index (κ3) is 4.89. The summed E-state index contributed by atoms with van der Waals surface area (Å²) >= 11 is 3.15. The maximum atomic E-state index is 12.2. The van der Waals surface area contributed by atoms with Crippen LogP contribution in [-0.4, -0.2) is 36.8 Å². The van der Waals surface area contributed by atoms with Gasteiger partial charge in [-0.25, -0.2) is 14.6 Å². The fraction of sp³-hybridized carbons (Fsp3) is 0.238. The number of carbonyl (C=O) groups excluding carboxylic acids is 1. The summed E-state index contributed by atoms with van der Waals surface area (Å²) in [5, 5.41) is 10.1. The lowest BCUT2D eigenvalue weighted by Crippen LogP contribution is -2.35. The van der Waals surface area contributed by atoms with Gasteiger partial charge in [0.15, 0.2) is 0 Å². The summed E-state index contributed by atoms with van der Waals surface area (Å²) in [5.74, 6) is -0.346. The van der Waals surface area contributed by atoms with Gasteiger partial charge < -0.3 is 5.32 Å². The van der Waals surface area contributed by atoms with Crippen LogP contribution in [0.1, 0.15) is 11.4 Å². The van der Waals surface area contributed by atoms with Crippen molar-refractivity contribution in [2.45, 2.75) is 26.9 Å². The lowest BCUT2D eigenvalue weighted by atomic mass is 10.3. The minimum Gasteiger partial charge on any atom is -0.353 e. The normalized spacial score (nSPS) is 10.9. The first-order chi connectivity index (χ1) is 15.4. The molecule has 11 heteroatoms. The summed E-state index contributed by atoms with van der Waals surface area (Å²) in [5.41, 5.74) is 1.55. The zero-order valence-corrected chi connectivity index (χ0v) is 19.1. The molecule has 0 atom stereocenters. The van der Waals surface area contributed by atoms with Crippen LogP contribution in [-0.2, 0) is 17.9 Å². The van der Waals surface area contributed by atoms with Crippen LogP contribution in [0.15, 0.2) is 51.6 Å². The highest BCUT2D eigenvalue weighted by molar-refractivity contribution is 7.23. The molecule has 0 aliphatic carbocycles. The number of hydrogen-bond acceptors (Lipinski definition) is 8. The Kier molecular flexibility index (Phi) is 6.37. The van der Waals surface area contributed by atoms with Crippen LogP contribution in [0.25, 0.3) is 20.5 Å². The van der Waals surface area contributed by atoms with Gasteiger partial charge in [-0.15, -0.1) is 22.7 Å². The fourth-order valence-corrected chi connectivity index (χ4v) is 4.85. The molecule has 4 heterocycles. The number of nitrogens with one attached hydrogen (secondary N) is 1. The van der Waals surface area contributed by atoms with Crippen LogP contribution >= 0.6 is 22.7 Å². The van der Waals surface area contributed by atoms with Crippen LogP contribution in [0.4, 0.5) is 0 Å². The van der Waals surface area contributed by atoms with E-state index in [9.17, 15) is 14.4 Å². The topological polar surface area (TPSA) is 112 Å². The van der Waals surface area contributed by atoms with E-state index in [1.165, 1.54) is 39.0 Å². The van der Waals surface area contributed by atoms with Gasteiger partial charge in [-0.3, -0.25) is 19.0 Å². The first kappa shape index (κ1) is 21.8. The van der Waals surface area contributed by atoms with Crippen molar-refractivity contribution >= 4 is 28.6 Å². The quantitative estimate of drug-likeness (QED) is 0.445. The third-order valence-corrected chi connectivity index (χ3v) is 6.82. The number of hydrogen-bond donors (Lipinski definition) is 1. The second kappa shape index (κ2) is 9.37. The minimum atomic E-state index is -0.346. The Morgan fingerprint density at radius 2 is 2.00 bits per heavy atom. The molecular formula is C21H20N6O3S2. The Bertz CT molecular complexity index is 1370. The smallest absolute Gasteiger partial charge is 0.266 e. The molecule has 1 amide bonds. The predicted molar refractivity (Wildman–Crippen MR) is 124 cm³/mol. The van der Waals surface area contributed by atoms with Crippen LogP contribution in [0.2, 0.25) is 0 Å². The number of rotatable bonds is 7. The molecule has 4 rings (SSSR count). The van der Waals surface area contributed by atoms with Gasteiger partial charge in [0.2, 0.25) is 5.91 Å². The Balaban J connectivity index is 1.43. The summed E-state index contributed by atoms with van der Waals surface area (Å²) in [6, 6.07) is 8.52. The van der Waals surface area contributed by atoms with Crippen molar-refractivity contribution in [3.05, 3.63) is 74.1 Å².